The zero-order valence-corrected chi connectivity index (χ0v) is 10.9. The van der Waals surface area contributed by atoms with Crippen molar-refractivity contribution in [3.05, 3.63) is 0 Å². The number of thioether (sulfide) groups is 1. The van der Waals surface area contributed by atoms with Crippen LogP contribution in [-0.2, 0) is 0 Å². The number of amidine groups is 1. The van der Waals surface area contributed by atoms with Gasteiger partial charge in [-0.1, -0.05) is 25.6 Å². The van der Waals surface area contributed by atoms with E-state index < -0.39 is 0 Å². The fourth-order valence-corrected chi connectivity index (χ4v) is 1.50. The lowest BCUT2D eigenvalue weighted by Crippen LogP contribution is -2.30. The van der Waals surface area contributed by atoms with E-state index in [1.165, 1.54) is 11.8 Å². The van der Waals surface area contributed by atoms with Crippen LogP contribution in [0.1, 0.15) is 13.8 Å². The van der Waals surface area contributed by atoms with Gasteiger partial charge in [0.15, 0.2) is 11.4 Å². The molecule has 0 bridgehead atoms. The van der Waals surface area contributed by atoms with Gasteiger partial charge in [-0.25, -0.2) is 0 Å². The summed E-state index contributed by atoms with van der Waals surface area (Å²) in [5, 5.41) is 11.8. The Hall–Kier alpha value is -0.730. The van der Waals surface area contributed by atoms with Gasteiger partial charge in [-0.05, 0) is 26.3 Å². The van der Waals surface area contributed by atoms with Crippen LogP contribution < -0.4 is 5.32 Å². The van der Waals surface area contributed by atoms with E-state index in [-0.39, 0.29) is 6.04 Å². The quantitative estimate of drug-likeness (QED) is 0.342. The van der Waals surface area contributed by atoms with Crippen molar-refractivity contribution < 1.29 is 0 Å². The largest absolute Gasteiger partial charge is 0.307 e. The van der Waals surface area contributed by atoms with E-state index in [0.717, 1.165) is 6.54 Å². The third-order valence-corrected chi connectivity index (χ3v) is 2.56. The highest BCUT2D eigenvalue weighted by molar-refractivity contribution is 8.13. The Labute approximate surface area is 96.7 Å². The average Bonchev–Trinajstić information content (AvgIpc) is 2.14. The smallest absolute Gasteiger partial charge is 0.183 e. The number of likely N-dealkylation sites (N-methyl/N-ethyl adjacent to an activating group) is 1. The van der Waals surface area contributed by atoms with Crippen LogP contribution in [0.2, 0.25) is 0 Å². The second-order valence-electron chi connectivity index (χ2n) is 3.95. The van der Waals surface area contributed by atoms with E-state index in [4.69, 9.17) is 5.26 Å². The molecule has 0 aliphatic heterocycles. The van der Waals surface area contributed by atoms with Crippen LogP contribution in [0, 0.1) is 17.4 Å². The minimum atomic E-state index is 0.225. The normalized spacial score (nSPS) is 14.1. The van der Waals surface area contributed by atoms with Gasteiger partial charge in [-0.2, -0.15) is 5.26 Å². The predicted octanol–water partition coefficient (Wildman–Crippen LogP) is 1.36. The Balaban J connectivity index is 4.55. The number of hydrogen-bond acceptors (Lipinski definition) is 4. The molecule has 15 heavy (non-hydrogen) atoms. The average molecular weight is 228 g/mol. The lowest BCUT2D eigenvalue weighted by atomic mass is 10.1. The first-order chi connectivity index (χ1) is 7.01. The van der Waals surface area contributed by atoms with E-state index in [0.29, 0.717) is 11.1 Å². The Morgan fingerprint density at radius 2 is 2.13 bits per heavy atom. The first-order valence-corrected chi connectivity index (χ1v) is 6.15. The van der Waals surface area contributed by atoms with Crippen LogP contribution in [0.4, 0.5) is 0 Å². The minimum absolute atomic E-state index is 0.225. The highest BCUT2D eigenvalue weighted by atomic mass is 32.2. The van der Waals surface area contributed by atoms with Crippen molar-refractivity contribution in [2.45, 2.75) is 19.9 Å². The van der Waals surface area contributed by atoms with Crippen molar-refractivity contribution in [3.8, 4) is 6.19 Å². The molecule has 1 N–H and O–H groups in total. The van der Waals surface area contributed by atoms with Crippen molar-refractivity contribution in [1.82, 2.24) is 10.2 Å². The molecule has 0 amide bonds. The first kappa shape index (κ1) is 14.3. The molecule has 86 valence electrons. The van der Waals surface area contributed by atoms with Gasteiger partial charge in [0.05, 0.1) is 6.04 Å². The Morgan fingerprint density at radius 3 is 2.47 bits per heavy atom. The molecule has 0 aromatic rings. The molecule has 0 aliphatic rings. The van der Waals surface area contributed by atoms with Gasteiger partial charge in [-0.15, -0.1) is 0 Å². The molecular weight excluding hydrogens is 208 g/mol. The second-order valence-corrected chi connectivity index (χ2v) is 4.74. The summed E-state index contributed by atoms with van der Waals surface area (Å²) in [7, 11) is 4.06. The van der Waals surface area contributed by atoms with E-state index in [1.54, 1.807) is 0 Å². The number of rotatable bonds is 4. The third kappa shape index (κ3) is 6.37. The fourth-order valence-electron chi connectivity index (χ4n) is 1.11. The van der Waals surface area contributed by atoms with Crippen molar-refractivity contribution in [2.24, 2.45) is 10.9 Å². The van der Waals surface area contributed by atoms with Gasteiger partial charge in [0.25, 0.3) is 0 Å². The maximum absolute atomic E-state index is 8.54. The number of nitrogens with zero attached hydrogens (tertiary/aromatic N) is 3. The van der Waals surface area contributed by atoms with Crippen molar-refractivity contribution in [3.63, 3.8) is 0 Å². The predicted molar refractivity (Wildman–Crippen MR) is 66.9 cm³/mol. The molecule has 0 aromatic heterocycles. The zero-order chi connectivity index (χ0) is 11.8. The monoisotopic (exact) mass is 228 g/mol. The zero-order valence-electron chi connectivity index (χ0n) is 10.1. The van der Waals surface area contributed by atoms with Gasteiger partial charge in [-0.3, -0.25) is 10.3 Å². The number of aliphatic imine (C=N–C) groups is 1. The molecule has 0 rings (SSSR count). The summed E-state index contributed by atoms with van der Waals surface area (Å²) in [6.45, 7) is 5.18. The third-order valence-electron chi connectivity index (χ3n) is 1.96. The van der Waals surface area contributed by atoms with E-state index in [1.807, 2.05) is 26.5 Å². The summed E-state index contributed by atoms with van der Waals surface area (Å²) in [5.74, 6) is 0.468. The lowest BCUT2D eigenvalue weighted by molar-refractivity contribution is 0.332. The minimum Gasteiger partial charge on any atom is -0.307 e. The van der Waals surface area contributed by atoms with Gasteiger partial charge < -0.3 is 4.90 Å². The van der Waals surface area contributed by atoms with Gasteiger partial charge in [0.1, 0.15) is 0 Å². The molecule has 1 unspecified atom stereocenters. The molecule has 5 heteroatoms. The number of nitrogens with one attached hydrogen (secondary N) is 1. The van der Waals surface area contributed by atoms with Crippen LogP contribution in [-0.4, -0.2) is 43.0 Å². The molecule has 0 heterocycles. The van der Waals surface area contributed by atoms with Crippen molar-refractivity contribution in [1.29, 1.82) is 5.26 Å². The summed E-state index contributed by atoms with van der Waals surface area (Å²) in [6, 6.07) is 0.225. The molecule has 1 atom stereocenters. The van der Waals surface area contributed by atoms with E-state index >= 15 is 0 Å². The SMILES string of the molecule is CSC(=NC(CN(C)C)C(C)C)NC#N. The summed E-state index contributed by atoms with van der Waals surface area (Å²) in [4.78, 5) is 6.64. The van der Waals surface area contributed by atoms with Gasteiger partial charge >= 0.3 is 0 Å². The Morgan fingerprint density at radius 1 is 1.53 bits per heavy atom. The topological polar surface area (TPSA) is 51.4 Å². The van der Waals surface area contributed by atoms with E-state index in [9.17, 15) is 0 Å². The molecule has 0 aliphatic carbocycles. The summed E-state index contributed by atoms with van der Waals surface area (Å²) >= 11 is 1.47. The lowest BCUT2D eigenvalue weighted by Gasteiger charge is -2.21. The summed E-state index contributed by atoms with van der Waals surface area (Å²) < 4.78 is 0. The number of hydrogen-bond donors (Lipinski definition) is 1. The molecule has 0 aromatic carbocycles. The molecular formula is C10H20N4S. The van der Waals surface area contributed by atoms with Crippen molar-refractivity contribution in [2.75, 3.05) is 26.9 Å². The Kier molecular flexibility index (Phi) is 7.18. The molecule has 0 fully saturated rings. The standard InChI is InChI=1S/C10H20N4S/c1-8(2)9(6-14(3)4)13-10(15-5)12-7-11/h8-9H,6H2,1-5H3,(H,12,13). The fraction of sp³-hybridized carbons (Fsp3) is 0.800. The second kappa shape index (κ2) is 7.55. The molecule has 0 spiro atoms. The maximum atomic E-state index is 8.54. The highest BCUT2D eigenvalue weighted by Gasteiger charge is 2.14. The van der Waals surface area contributed by atoms with Crippen LogP contribution >= 0.6 is 11.8 Å². The molecule has 4 nitrogen and oxygen atoms in total. The molecule has 0 saturated heterocycles. The Bertz CT molecular complexity index is 242. The van der Waals surface area contributed by atoms with Gasteiger partial charge in [0, 0.05) is 6.54 Å². The molecule has 0 saturated carbocycles. The maximum Gasteiger partial charge on any atom is 0.183 e. The highest BCUT2D eigenvalue weighted by Crippen LogP contribution is 2.09. The summed E-state index contributed by atoms with van der Waals surface area (Å²) in [6.07, 6.45) is 3.81. The first-order valence-electron chi connectivity index (χ1n) is 4.92. The van der Waals surface area contributed by atoms with Gasteiger partial charge in [0.2, 0.25) is 0 Å². The summed E-state index contributed by atoms with van der Waals surface area (Å²) in [5.41, 5.74) is 0. The van der Waals surface area contributed by atoms with Crippen LogP contribution in [0.15, 0.2) is 4.99 Å². The van der Waals surface area contributed by atoms with Crippen LogP contribution in [0.5, 0.6) is 0 Å². The molecule has 0 radical (unpaired) electrons. The van der Waals surface area contributed by atoms with Crippen LogP contribution in [0.3, 0.4) is 0 Å². The van der Waals surface area contributed by atoms with Crippen molar-refractivity contribution >= 4 is 16.9 Å². The van der Waals surface area contributed by atoms with E-state index in [2.05, 4.69) is 29.1 Å². The number of nitriles is 1. The van der Waals surface area contributed by atoms with Crippen LogP contribution in [0.25, 0.3) is 0 Å².